The summed E-state index contributed by atoms with van der Waals surface area (Å²) in [4.78, 5) is 14.0. The van der Waals surface area contributed by atoms with Crippen molar-refractivity contribution in [1.82, 2.24) is 10.2 Å². The molecule has 0 aromatic carbocycles. The first-order chi connectivity index (χ1) is 7.18. The second kappa shape index (κ2) is 4.49. The molecule has 2 aliphatic rings. The van der Waals surface area contributed by atoms with E-state index in [1.54, 1.807) is 0 Å². The summed E-state index contributed by atoms with van der Waals surface area (Å²) in [6.45, 7) is 4.35. The largest absolute Gasteiger partial charge is 0.391 e. The molecule has 2 N–H and O–H groups in total. The Balaban J connectivity index is 1.94. The smallest absolute Gasteiger partial charge is 0.227 e. The zero-order chi connectivity index (χ0) is 10.8. The van der Waals surface area contributed by atoms with Gasteiger partial charge in [-0.3, -0.25) is 4.79 Å². The molecule has 4 nitrogen and oxygen atoms in total. The van der Waals surface area contributed by atoms with E-state index in [2.05, 4.69) is 12.2 Å². The Labute approximate surface area is 90.6 Å². The Morgan fingerprint density at radius 3 is 2.87 bits per heavy atom. The lowest BCUT2D eigenvalue weighted by molar-refractivity contribution is -0.138. The van der Waals surface area contributed by atoms with Gasteiger partial charge in [-0.1, -0.05) is 0 Å². The second-order valence-corrected chi connectivity index (χ2v) is 4.72. The molecule has 0 aliphatic carbocycles. The van der Waals surface area contributed by atoms with Crippen LogP contribution in [0.15, 0.2) is 0 Å². The third-order valence-corrected chi connectivity index (χ3v) is 3.55. The Morgan fingerprint density at radius 1 is 1.47 bits per heavy atom. The van der Waals surface area contributed by atoms with E-state index in [1.165, 1.54) is 0 Å². The van der Waals surface area contributed by atoms with Crippen LogP contribution in [-0.4, -0.2) is 47.7 Å². The average Bonchev–Trinajstić information content (AvgIpc) is 2.63. The molecule has 0 bridgehead atoms. The molecule has 15 heavy (non-hydrogen) atoms. The lowest BCUT2D eigenvalue weighted by atomic mass is 9.98. The third-order valence-electron chi connectivity index (χ3n) is 3.55. The zero-order valence-electron chi connectivity index (χ0n) is 9.28. The fourth-order valence-corrected chi connectivity index (χ4v) is 2.59. The van der Waals surface area contributed by atoms with E-state index >= 15 is 0 Å². The maximum absolute atomic E-state index is 12.1. The van der Waals surface area contributed by atoms with Gasteiger partial charge in [0, 0.05) is 19.1 Å². The van der Waals surface area contributed by atoms with E-state index in [9.17, 15) is 9.90 Å². The Hall–Kier alpha value is -0.610. The molecule has 2 saturated heterocycles. The van der Waals surface area contributed by atoms with Crippen LogP contribution in [0.4, 0.5) is 0 Å². The fourth-order valence-electron chi connectivity index (χ4n) is 2.59. The fraction of sp³-hybridized carbons (Fsp3) is 0.909. The molecule has 2 fully saturated rings. The topological polar surface area (TPSA) is 52.6 Å². The van der Waals surface area contributed by atoms with Crippen LogP contribution in [0.2, 0.25) is 0 Å². The van der Waals surface area contributed by atoms with E-state index in [-0.39, 0.29) is 24.0 Å². The van der Waals surface area contributed by atoms with E-state index in [0.29, 0.717) is 6.54 Å². The number of carbonyl (C=O) groups excluding carboxylic acids is 1. The summed E-state index contributed by atoms with van der Waals surface area (Å²) in [6, 6.07) is 0.288. The number of amides is 1. The summed E-state index contributed by atoms with van der Waals surface area (Å²) in [5.41, 5.74) is 0. The molecule has 4 heteroatoms. The highest BCUT2D eigenvalue weighted by molar-refractivity contribution is 5.80. The molecule has 0 aromatic rings. The van der Waals surface area contributed by atoms with Gasteiger partial charge in [0.05, 0.1) is 12.0 Å². The van der Waals surface area contributed by atoms with Crippen molar-refractivity contribution in [2.24, 2.45) is 5.92 Å². The molecule has 0 spiro atoms. The van der Waals surface area contributed by atoms with Crippen LogP contribution in [0.25, 0.3) is 0 Å². The normalized spacial score (nSPS) is 36.9. The average molecular weight is 212 g/mol. The van der Waals surface area contributed by atoms with Gasteiger partial charge in [0.15, 0.2) is 0 Å². The number of piperidine rings is 1. The standard InChI is InChI=1S/C11H20N2O2/c1-8-10(4-5-12-8)11(15)13-6-2-3-9(14)7-13/h8-10,12,14H,2-7H2,1H3. The lowest BCUT2D eigenvalue weighted by Crippen LogP contribution is -2.46. The van der Waals surface area contributed by atoms with Gasteiger partial charge < -0.3 is 15.3 Å². The van der Waals surface area contributed by atoms with Gasteiger partial charge >= 0.3 is 0 Å². The molecule has 2 rings (SSSR count). The molecule has 3 unspecified atom stereocenters. The first kappa shape index (κ1) is 10.9. The molecule has 2 heterocycles. The maximum atomic E-state index is 12.1. The minimum absolute atomic E-state index is 0.121. The Bertz CT molecular complexity index is 245. The van der Waals surface area contributed by atoms with Crippen molar-refractivity contribution in [3.63, 3.8) is 0 Å². The Kier molecular flexibility index (Phi) is 3.26. The molecular weight excluding hydrogens is 192 g/mol. The van der Waals surface area contributed by atoms with Crippen molar-refractivity contribution >= 4 is 5.91 Å². The van der Waals surface area contributed by atoms with Crippen molar-refractivity contribution in [2.75, 3.05) is 19.6 Å². The summed E-state index contributed by atoms with van der Waals surface area (Å²) in [5, 5.41) is 12.8. The summed E-state index contributed by atoms with van der Waals surface area (Å²) in [6.07, 6.45) is 2.39. The highest BCUT2D eigenvalue weighted by Crippen LogP contribution is 2.20. The quantitative estimate of drug-likeness (QED) is 0.641. The summed E-state index contributed by atoms with van der Waals surface area (Å²) in [5.74, 6) is 0.349. The third kappa shape index (κ3) is 2.32. The Morgan fingerprint density at radius 2 is 2.27 bits per heavy atom. The first-order valence-electron chi connectivity index (χ1n) is 5.88. The first-order valence-corrected chi connectivity index (χ1v) is 5.88. The van der Waals surface area contributed by atoms with Crippen molar-refractivity contribution < 1.29 is 9.90 Å². The number of nitrogens with one attached hydrogen (secondary N) is 1. The molecular formula is C11H20N2O2. The van der Waals surface area contributed by atoms with Crippen LogP contribution in [-0.2, 0) is 4.79 Å². The molecule has 1 amide bonds. The van der Waals surface area contributed by atoms with Gasteiger partial charge in [0.2, 0.25) is 5.91 Å². The molecule has 86 valence electrons. The number of aliphatic hydroxyl groups excluding tert-OH is 1. The second-order valence-electron chi connectivity index (χ2n) is 4.72. The van der Waals surface area contributed by atoms with Crippen LogP contribution >= 0.6 is 0 Å². The van der Waals surface area contributed by atoms with Crippen LogP contribution in [0.3, 0.4) is 0 Å². The number of aliphatic hydroxyl groups is 1. The number of nitrogens with zero attached hydrogens (tertiary/aromatic N) is 1. The van der Waals surface area contributed by atoms with Gasteiger partial charge in [0.25, 0.3) is 0 Å². The van der Waals surface area contributed by atoms with Crippen molar-refractivity contribution in [3.8, 4) is 0 Å². The number of β-amino-alcohol motifs (C(OH)–C–C–N with tert-alkyl or cyclic N) is 1. The highest BCUT2D eigenvalue weighted by atomic mass is 16.3. The van der Waals surface area contributed by atoms with Crippen LogP contribution in [0, 0.1) is 5.92 Å². The zero-order valence-corrected chi connectivity index (χ0v) is 9.28. The van der Waals surface area contributed by atoms with Gasteiger partial charge in [-0.25, -0.2) is 0 Å². The lowest BCUT2D eigenvalue weighted by Gasteiger charge is -2.32. The van der Waals surface area contributed by atoms with Gasteiger partial charge in [-0.05, 0) is 32.7 Å². The van der Waals surface area contributed by atoms with E-state index in [0.717, 1.165) is 32.4 Å². The molecule has 0 saturated carbocycles. The number of rotatable bonds is 1. The van der Waals surface area contributed by atoms with Crippen LogP contribution in [0.5, 0.6) is 0 Å². The number of hydrogen-bond donors (Lipinski definition) is 2. The predicted octanol–water partition coefficient (Wildman–Crippen LogP) is -0.0323. The number of hydrogen-bond acceptors (Lipinski definition) is 3. The molecule has 3 atom stereocenters. The molecule has 0 aromatic heterocycles. The number of likely N-dealkylation sites (tertiary alicyclic amines) is 1. The number of carbonyl (C=O) groups is 1. The van der Waals surface area contributed by atoms with Crippen molar-refractivity contribution in [3.05, 3.63) is 0 Å². The molecule has 2 aliphatic heterocycles. The minimum atomic E-state index is -0.313. The summed E-state index contributed by atoms with van der Waals surface area (Å²) < 4.78 is 0. The maximum Gasteiger partial charge on any atom is 0.227 e. The van der Waals surface area contributed by atoms with Crippen LogP contribution in [0.1, 0.15) is 26.2 Å². The SMILES string of the molecule is CC1NCCC1C(=O)N1CCCC(O)C1. The van der Waals surface area contributed by atoms with Crippen molar-refractivity contribution in [2.45, 2.75) is 38.3 Å². The monoisotopic (exact) mass is 212 g/mol. The minimum Gasteiger partial charge on any atom is -0.391 e. The van der Waals surface area contributed by atoms with E-state index in [4.69, 9.17) is 0 Å². The van der Waals surface area contributed by atoms with Crippen molar-refractivity contribution in [1.29, 1.82) is 0 Å². The summed E-state index contributed by atoms with van der Waals surface area (Å²) in [7, 11) is 0. The van der Waals surface area contributed by atoms with Crippen LogP contribution < -0.4 is 5.32 Å². The van der Waals surface area contributed by atoms with Gasteiger partial charge in [-0.15, -0.1) is 0 Å². The highest BCUT2D eigenvalue weighted by Gasteiger charge is 2.34. The van der Waals surface area contributed by atoms with E-state index < -0.39 is 0 Å². The molecule has 0 radical (unpaired) electrons. The summed E-state index contributed by atoms with van der Waals surface area (Å²) >= 11 is 0. The predicted molar refractivity (Wildman–Crippen MR) is 57.4 cm³/mol. The van der Waals surface area contributed by atoms with E-state index in [1.807, 2.05) is 4.90 Å². The van der Waals surface area contributed by atoms with Gasteiger partial charge in [0.1, 0.15) is 0 Å². The van der Waals surface area contributed by atoms with Gasteiger partial charge in [-0.2, -0.15) is 0 Å².